The van der Waals surface area contributed by atoms with Crippen LogP contribution in [0.4, 0.5) is 5.69 Å². The smallest absolute Gasteiger partial charge is 0.357 e. The molecule has 0 unspecified atom stereocenters. The molecule has 3 aromatic rings. The molecule has 0 radical (unpaired) electrons. The van der Waals surface area contributed by atoms with E-state index < -0.39 is 5.97 Å². The van der Waals surface area contributed by atoms with Crippen LogP contribution in [0.25, 0.3) is 10.9 Å². The number of benzene rings is 2. The summed E-state index contributed by atoms with van der Waals surface area (Å²) < 4.78 is 0. The molecular formula is C16H15N3O3. The zero-order chi connectivity index (χ0) is 15.7. The van der Waals surface area contributed by atoms with E-state index in [1.165, 1.54) is 0 Å². The summed E-state index contributed by atoms with van der Waals surface area (Å²) in [6.07, 6.45) is 0. The van der Waals surface area contributed by atoms with Gasteiger partial charge in [0.1, 0.15) is 5.75 Å². The van der Waals surface area contributed by atoms with Gasteiger partial charge in [0.15, 0.2) is 5.69 Å². The number of aryl methyl sites for hydroxylation is 1. The van der Waals surface area contributed by atoms with Crippen molar-refractivity contribution in [1.29, 1.82) is 0 Å². The Labute approximate surface area is 126 Å². The van der Waals surface area contributed by atoms with E-state index in [0.717, 1.165) is 16.8 Å². The van der Waals surface area contributed by atoms with Crippen LogP contribution in [0.5, 0.6) is 5.75 Å². The highest BCUT2D eigenvalue weighted by Gasteiger charge is 2.13. The highest BCUT2D eigenvalue weighted by molar-refractivity contribution is 6.01. The molecule has 0 saturated carbocycles. The number of carboxylic acids is 1. The summed E-state index contributed by atoms with van der Waals surface area (Å²) in [4.78, 5) is 11.1. The Balaban J connectivity index is 1.86. The zero-order valence-electron chi connectivity index (χ0n) is 11.9. The maximum atomic E-state index is 11.1. The van der Waals surface area contributed by atoms with Gasteiger partial charge in [-0.25, -0.2) is 4.79 Å². The van der Waals surface area contributed by atoms with Gasteiger partial charge in [0.05, 0.1) is 5.52 Å². The van der Waals surface area contributed by atoms with Gasteiger partial charge in [0, 0.05) is 23.2 Å². The summed E-state index contributed by atoms with van der Waals surface area (Å²) in [6, 6.07) is 10.9. The van der Waals surface area contributed by atoms with Gasteiger partial charge in [-0.1, -0.05) is 18.2 Å². The second-order valence-corrected chi connectivity index (χ2v) is 5.07. The summed E-state index contributed by atoms with van der Waals surface area (Å²) >= 11 is 0. The number of fused-ring (bicyclic) bond motifs is 1. The number of hydrogen-bond donors (Lipinski definition) is 4. The Morgan fingerprint density at radius 1 is 1.32 bits per heavy atom. The minimum absolute atomic E-state index is 0.00273. The first-order chi connectivity index (χ1) is 10.6. The Bertz CT molecular complexity index is 855. The molecule has 1 heterocycles. The van der Waals surface area contributed by atoms with Gasteiger partial charge in [0.2, 0.25) is 0 Å². The standard InChI is InChI=1S/C16H15N3O3/c1-9-3-2-4-10(15(9)20)8-17-11-5-6-13-12(7-11)14(16(21)22)19-18-13/h2-7,17,20H,8H2,1H3,(H,18,19)(H,21,22). The fourth-order valence-electron chi connectivity index (χ4n) is 2.35. The van der Waals surface area contributed by atoms with Gasteiger partial charge < -0.3 is 15.5 Å². The van der Waals surface area contributed by atoms with Crippen LogP contribution in [0.15, 0.2) is 36.4 Å². The molecule has 4 N–H and O–H groups in total. The lowest BCUT2D eigenvalue weighted by Crippen LogP contribution is -2.01. The number of H-pyrrole nitrogens is 1. The molecule has 6 heteroatoms. The topological polar surface area (TPSA) is 98.2 Å². The molecule has 3 rings (SSSR count). The largest absolute Gasteiger partial charge is 0.507 e. The monoisotopic (exact) mass is 297 g/mol. The van der Waals surface area contributed by atoms with E-state index in [9.17, 15) is 9.90 Å². The first kappa shape index (κ1) is 13.9. The molecule has 112 valence electrons. The second-order valence-electron chi connectivity index (χ2n) is 5.07. The van der Waals surface area contributed by atoms with E-state index >= 15 is 0 Å². The highest BCUT2D eigenvalue weighted by atomic mass is 16.4. The van der Waals surface area contributed by atoms with Crippen molar-refractivity contribution in [2.24, 2.45) is 0 Å². The van der Waals surface area contributed by atoms with Gasteiger partial charge >= 0.3 is 5.97 Å². The number of aromatic carboxylic acids is 1. The quantitative estimate of drug-likeness (QED) is 0.593. The average Bonchev–Trinajstić information content (AvgIpc) is 2.92. The predicted octanol–water partition coefficient (Wildman–Crippen LogP) is 2.89. The molecule has 0 spiro atoms. The number of para-hydroxylation sites is 1. The number of aromatic nitrogens is 2. The van der Waals surface area contributed by atoms with Crippen LogP contribution in [0.1, 0.15) is 21.6 Å². The number of phenolic OH excluding ortho intramolecular Hbond substituents is 1. The third kappa shape index (κ3) is 2.46. The van der Waals surface area contributed by atoms with E-state index in [2.05, 4.69) is 15.5 Å². The molecule has 1 aromatic heterocycles. The predicted molar refractivity (Wildman–Crippen MR) is 83.2 cm³/mol. The fraction of sp³-hybridized carbons (Fsp3) is 0.125. The van der Waals surface area contributed by atoms with Crippen LogP contribution in [0.2, 0.25) is 0 Å². The Morgan fingerprint density at radius 3 is 2.91 bits per heavy atom. The molecule has 0 aliphatic rings. The Morgan fingerprint density at radius 2 is 2.14 bits per heavy atom. The average molecular weight is 297 g/mol. The van der Waals surface area contributed by atoms with E-state index in [4.69, 9.17) is 5.11 Å². The summed E-state index contributed by atoms with van der Waals surface area (Å²) in [7, 11) is 0. The molecule has 0 fully saturated rings. The maximum Gasteiger partial charge on any atom is 0.357 e. The molecular weight excluding hydrogens is 282 g/mol. The summed E-state index contributed by atoms with van der Waals surface area (Å²) in [5.74, 6) is -0.801. The number of anilines is 1. The van der Waals surface area contributed by atoms with Gasteiger partial charge in [-0.2, -0.15) is 5.10 Å². The number of hydrogen-bond acceptors (Lipinski definition) is 4. The number of nitrogens with one attached hydrogen (secondary N) is 2. The number of nitrogens with zero attached hydrogens (tertiary/aromatic N) is 1. The third-order valence-electron chi connectivity index (χ3n) is 3.57. The molecule has 0 aliphatic heterocycles. The normalized spacial score (nSPS) is 10.8. The van der Waals surface area contributed by atoms with Crippen molar-refractivity contribution in [3.05, 3.63) is 53.2 Å². The molecule has 0 atom stereocenters. The summed E-state index contributed by atoms with van der Waals surface area (Å²) in [6.45, 7) is 2.29. The second kappa shape index (κ2) is 5.40. The molecule has 0 aliphatic carbocycles. The lowest BCUT2D eigenvalue weighted by molar-refractivity contribution is 0.0692. The minimum Gasteiger partial charge on any atom is -0.507 e. The van der Waals surface area contributed by atoms with Crippen molar-refractivity contribution < 1.29 is 15.0 Å². The minimum atomic E-state index is -1.07. The fourth-order valence-corrected chi connectivity index (χ4v) is 2.35. The van der Waals surface area contributed by atoms with Crippen LogP contribution >= 0.6 is 0 Å². The first-order valence-corrected chi connectivity index (χ1v) is 6.79. The van der Waals surface area contributed by atoms with Crippen LogP contribution < -0.4 is 5.32 Å². The van der Waals surface area contributed by atoms with Crippen molar-refractivity contribution in [1.82, 2.24) is 10.2 Å². The maximum absolute atomic E-state index is 11.1. The number of carbonyl (C=O) groups is 1. The first-order valence-electron chi connectivity index (χ1n) is 6.79. The number of aromatic amines is 1. The number of aromatic hydroxyl groups is 1. The van der Waals surface area contributed by atoms with Crippen LogP contribution in [-0.2, 0) is 6.54 Å². The molecule has 2 aromatic carbocycles. The van der Waals surface area contributed by atoms with Crippen molar-refractivity contribution >= 4 is 22.6 Å². The molecule has 22 heavy (non-hydrogen) atoms. The van der Waals surface area contributed by atoms with Gasteiger partial charge in [-0.05, 0) is 30.7 Å². The molecule has 6 nitrogen and oxygen atoms in total. The van der Waals surface area contributed by atoms with Crippen LogP contribution in [0, 0.1) is 6.92 Å². The highest BCUT2D eigenvalue weighted by Crippen LogP contribution is 2.24. The van der Waals surface area contributed by atoms with E-state index in [1.807, 2.05) is 31.2 Å². The lowest BCUT2D eigenvalue weighted by atomic mass is 10.1. The van der Waals surface area contributed by atoms with E-state index in [0.29, 0.717) is 17.4 Å². The number of carboxylic acid groups (broad SMARTS) is 1. The molecule has 0 bridgehead atoms. The van der Waals surface area contributed by atoms with Crippen LogP contribution in [-0.4, -0.2) is 26.4 Å². The van der Waals surface area contributed by atoms with E-state index in [-0.39, 0.29) is 11.4 Å². The number of phenols is 1. The third-order valence-corrected chi connectivity index (χ3v) is 3.57. The SMILES string of the molecule is Cc1cccc(CNc2ccc3[nH]nc(C(=O)O)c3c2)c1O. The zero-order valence-corrected chi connectivity index (χ0v) is 11.9. The summed E-state index contributed by atoms with van der Waals surface area (Å²) in [5, 5.41) is 29.3. The van der Waals surface area contributed by atoms with E-state index in [1.54, 1.807) is 12.1 Å². The van der Waals surface area contributed by atoms with Gasteiger partial charge in [-0.15, -0.1) is 0 Å². The number of rotatable bonds is 4. The van der Waals surface area contributed by atoms with Crippen molar-refractivity contribution in [2.45, 2.75) is 13.5 Å². The van der Waals surface area contributed by atoms with Crippen molar-refractivity contribution in [3.8, 4) is 5.75 Å². The van der Waals surface area contributed by atoms with Crippen molar-refractivity contribution in [3.63, 3.8) is 0 Å². The molecule has 0 amide bonds. The van der Waals surface area contributed by atoms with Crippen molar-refractivity contribution in [2.75, 3.05) is 5.32 Å². The van der Waals surface area contributed by atoms with Gasteiger partial charge in [0.25, 0.3) is 0 Å². The summed E-state index contributed by atoms with van der Waals surface area (Å²) in [5.41, 5.74) is 3.03. The van der Waals surface area contributed by atoms with Gasteiger partial charge in [-0.3, -0.25) is 5.10 Å². The lowest BCUT2D eigenvalue weighted by Gasteiger charge is -2.10. The Kier molecular flexibility index (Phi) is 3.42. The Hall–Kier alpha value is -3.02. The molecule has 0 saturated heterocycles. The van der Waals surface area contributed by atoms with Crippen LogP contribution in [0.3, 0.4) is 0 Å².